The Kier molecular flexibility index (Phi) is 6.14. The maximum atomic E-state index is 5.01. The van der Waals surface area contributed by atoms with E-state index in [1.807, 2.05) is 30.3 Å². The van der Waals surface area contributed by atoms with Crippen molar-refractivity contribution in [2.75, 3.05) is 0 Å². The number of aromatic nitrogens is 3. The highest BCUT2D eigenvalue weighted by Gasteiger charge is 2.14. The van der Waals surface area contributed by atoms with Crippen LogP contribution in [0.15, 0.2) is 164 Å². The van der Waals surface area contributed by atoms with Crippen molar-refractivity contribution >= 4 is 43.1 Å². The Morgan fingerprint density at radius 3 is 1.63 bits per heavy atom. The third-order valence-corrected chi connectivity index (χ3v) is 8.90. The summed E-state index contributed by atoms with van der Waals surface area (Å²) in [5.41, 5.74) is 5.23. The van der Waals surface area contributed by atoms with Gasteiger partial charge >= 0.3 is 0 Å². The van der Waals surface area contributed by atoms with E-state index in [1.165, 1.54) is 43.3 Å². The van der Waals surface area contributed by atoms with Crippen LogP contribution in [0.3, 0.4) is 0 Å². The third kappa shape index (κ3) is 4.49. The monoisotopic (exact) mass is 585 g/mol. The van der Waals surface area contributed by atoms with Crippen molar-refractivity contribution < 1.29 is 0 Å². The Bertz CT molecular complexity index is 2570. The maximum Gasteiger partial charge on any atom is 0.164 e. The largest absolute Gasteiger partial charge is 0.208 e. The van der Waals surface area contributed by atoms with Crippen molar-refractivity contribution in [3.8, 4) is 45.3 Å². The minimum absolute atomic E-state index is 0.651. The summed E-state index contributed by atoms with van der Waals surface area (Å²) in [5, 5.41) is 9.91. The van der Waals surface area contributed by atoms with Gasteiger partial charge in [-0.15, -0.1) is 0 Å². The predicted octanol–water partition coefficient (Wildman–Crippen LogP) is 11.2. The summed E-state index contributed by atoms with van der Waals surface area (Å²) in [4.78, 5) is 14.9. The molecule has 0 fully saturated rings. The molecule has 8 aromatic carbocycles. The number of rotatable bonds is 4. The van der Waals surface area contributed by atoms with E-state index in [-0.39, 0.29) is 0 Å². The highest BCUT2D eigenvalue weighted by Crippen LogP contribution is 2.38. The van der Waals surface area contributed by atoms with Gasteiger partial charge in [-0.25, -0.2) is 15.0 Å². The van der Waals surface area contributed by atoms with Crippen molar-refractivity contribution in [1.29, 1.82) is 0 Å². The normalized spacial score (nSPS) is 11.5. The summed E-state index contributed by atoms with van der Waals surface area (Å²) in [6.07, 6.45) is 0. The van der Waals surface area contributed by atoms with E-state index in [9.17, 15) is 0 Å². The van der Waals surface area contributed by atoms with E-state index in [4.69, 9.17) is 15.0 Å². The Hall–Kier alpha value is -6.19. The van der Waals surface area contributed by atoms with Crippen molar-refractivity contribution in [1.82, 2.24) is 15.0 Å². The average molecular weight is 586 g/mol. The van der Waals surface area contributed by atoms with Gasteiger partial charge in [0, 0.05) is 16.7 Å². The fourth-order valence-corrected chi connectivity index (χ4v) is 6.59. The first-order valence-corrected chi connectivity index (χ1v) is 15.5. The molecule has 1 heterocycles. The van der Waals surface area contributed by atoms with Crippen molar-refractivity contribution in [2.24, 2.45) is 0 Å². The molecular weight excluding hydrogens is 558 g/mol. The summed E-state index contributed by atoms with van der Waals surface area (Å²) in [5.74, 6) is 1.97. The van der Waals surface area contributed by atoms with Gasteiger partial charge in [0.25, 0.3) is 0 Å². The molecule has 0 aliphatic rings. The van der Waals surface area contributed by atoms with Gasteiger partial charge in [-0.1, -0.05) is 158 Å². The average Bonchev–Trinajstić information content (AvgIpc) is 3.14. The number of nitrogens with zero attached hydrogens (tertiary/aromatic N) is 3. The molecule has 3 nitrogen and oxygen atoms in total. The Morgan fingerprint density at radius 1 is 0.283 bits per heavy atom. The summed E-state index contributed by atoms with van der Waals surface area (Å²) >= 11 is 0. The van der Waals surface area contributed by atoms with E-state index < -0.39 is 0 Å². The Balaban J connectivity index is 1.18. The molecule has 0 aliphatic heterocycles. The zero-order valence-electron chi connectivity index (χ0n) is 24.9. The molecule has 0 unspecified atom stereocenters. The van der Waals surface area contributed by atoms with Crippen LogP contribution in [0, 0.1) is 0 Å². The molecular formula is C43H27N3. The van der Waals surface area contributed by atoms with E-state index >= 15 is 0 Å². The summed E-state index contributed by atoms with van der Waals surface area (Å²) in [7, 11) is 0. The van der Waals surface area contributed by atoms with E-state index in [0.717, 1.165) is 27.6 Å². The van der Waals surface area contributed by atoms with Crippen LogP contribution in [0.5, 0.6) is 0 Å². The second-order valence-corrected chi connectivity index (χ2v) is 11.7. The Labute approximate surface area is 266 Å². The second-order valence-electron chi connectivity index (χ2n) is 11.7. The zero-order chi connectivity index (χ0) is 30.5. The first kappa shape index (κ1) is 26.2. The first-order chi connectivity index (χ1) is 22.8. The molecule has 3 heteroatoms. The molecule has 0 radical (unpaired) electrons. The molecule has 0 atom stereocenters. The molecule has 214 valence electrons. The van der Waals surface area contributed by atoms with Crippen LogP contribution in [0.1, 0.15) is 0 Å². The minimum atomic E-state index is 0.651. The molecule has 0 bridgehead atoms. The lowest BCUT2D eigenvalue weighted by molar-refractivity contribution is 1.07. The van der Waals surface area contributed by atoms with Gasteiger partial charge in [0.2, 0.25) is 0 Å². The molecule has 0 saturated heterocycles. The standard InChI is InChI=1S/C43H27N3/c1-2-11-32(12-3-1)41-44-42(46-43(45-41)35-22-17-28-9-4-5-13-34(28)27-35)33-20-18-30(19-21-33)37-16-8-14-31-24-25-38-36-15-7-6-10-29(36)23-26-39(38)40(31)37/h1-27H. The van der Waals surface area contributed by atoms with Gasteiger partial charge in [0.1, 0.15) is 0 Å². The molecule has 1 aromatic heterocycles. The summed E-state index contributed by atoms with van der Waals surface area (Å²) < 4.78 is 0. The van der Waals surface area contributed by atoms with Crippen molar-refractivity contribution in [3.63, 3.8) is 0 Å². The highest BCUT2D eigenvalue weighted by molar-refractivity contribution is 6.20. The maximum absolute atomic E-state index is 5.01. The molecule has 9 aromatic rings. The van der Waals surface area contributed by atoms with E-state index in [2.05, 4.69) is 133 Å². The third-order valence-electron chi connectivity index (χ3n) is 8.90. The molecule has 9 rings (SSSR count). The highest BCUT2D eigenvalue weighted by atomic mass is 15.0. The number of hydrogen-bond donors (Lipinski definition) is 0. The first-order valence-electron chi connectivity index (χ1n) is 15.5. The van der Waals surface area contributed by atoms with Crippen molar-refractivity contribution in [3.05, 3.63) is 164 Å². The zero-order valence-corrected chi connectivity index (χ0v) is 24.9. The van der Waals surface area contributed by atoms with Crippen LogP contribution in [0.4, 0.5) is 0 Å². The second kappa shape index (κ2) is 10.8. The topological polar surface area (TPSA) is 38.7 Å². The van der Waals surface area contributed by atoms with E-state index in [0.29, 0.717) is 17.5 Å². The van der Waals surface area contributed by atoms with Crippen molar-refractivity contribution in [2.45, 2.75) is 0 Å². The predicted molar refractivity (Wildman–Crippen MR) is 192 cm³/mol. The number of hydrogen-bond acceptors (Lipinski definition) is 3. The van der Waals surface area contributed by atoms with Gasteiger partial charge in [-0.3, -0.25) is 0 Å². The van der Waals surface area contributed by atoms with Crippen LogP contribution < -0.4 is 0 Å². The lowest BCUT2D eigenvalue weighted by Crippen LogP contribution is -2.00. The SMILES string of the molecule is c1ccc(-c2nc(-c3ccc(-c4cccc5ccc6c7ccccc7ccc6c45)cc3)nc(-c3ccc4ccccc4c3)n2)cc1. The quantitative estimate of drug-likeness (QED) is 0.193. The minimum Gasteiger partial charge on any atom is -0.208 e. The van der Waals surface area contributed by atoms with Crippen LogP contribution >= 0.6 is 0 Å². The van der Waals surface area contributed by atoms with Gasteiger partial charge in [0.05, 0.1) is 0 Å². The molecule has 0 aliphatic carbocycles. The number of benzene rings is 8. The van der Waals surface area contributed by atoms with E-state index in [1.54, 1.807) is 0 Å². The number of fused-ring (bicyclic) bond motifs is 6. The van der Waals surface area contributed by atoms with Crippen LogP contribution in [0.2, 0.25) is 0 Å². The lowest BCUT2D eigenvalue weighted by atomic mass is 9.91. The lowest BCUT2D eigenvalue weighted by Gasteiger charge is -2.13. The van der Waals surface area contributed by atoms with Gasteiger partial charge < -0.3 is 0 Å². The molecule has 0 N–H and O–H groups in total. The molecule has 0 amide bonds. The Morgan fingerprint density at radius 2 is 0.826 bits per heavy atom. The fraction of sp³-hybridized carbons (Fsp3) is 0. The smallest absolute Gasteiger partial charge is 0.164 e. The summed E-state index contributed by atoms with van der Waals surface area (Å²) in [6, 6.07) is 57.7. The van der Waals surface area contributed by atoms with Crippen LogP contribution in [0.25, 0.3) is 88.4 Å². The van der Waals surface area contributed by atoms with Gasteiger partial charge in [-0.05, 0) is 60.3 Å². The van der Waals surface area contributed by atoms with Crippen LogP contribution in [-0.4, -0.2) is 15.0 Å². The van der Waals surface area contributed by atoms with Crippen LogP contribution in [-0.2, 0) is 0 Å². The molecule has 0 saturated carbocycles. The molecule has 0 spiro atoms. The fourth-order valence-electron chi connectivity index (χ4n) is 6.59. The molecule has 46 heavy (non-hydrogen) atoms. The van der Waals surface area contributed by atoms with Gasteiger partial charge in [-0.2, -0.15) is 0 Å². The van der Waals surface area contributed by atoms with Gasteiger partial charge in [0.15, 0.2) is 17.5 Å². The summed E-state index contributed by atoms with van der Waals surface area (Å²) in [6.45, 7) is 0.